The summed E-state index contributed by atoms with van der Waals surface area (Å²) in [7, 11) is 0. The molecule has 0 aliphatic heterocycles. The predicted octanol–water partition coefficient (Wildman–Crippen LogP) is 3.28. The van der Waals surface area contributed by atoms with Crippen LogP contribution in [0.4, 0.5) is 4.39 Å². The Morgan fingerprint density at radius 2 is 1.70 bits per heavy atom. The van der Waals surface area contributed by atoms with Gasteiger partial charge in [-0.2, -0.15) is 0 Å². The first-order valence-corrected chi connectivity index (χ1v) is 8.07. The van der Waals surface area contributed by atoms with Crippen LogP contribution in [0.25, 0.3) is 0 Å². The van der Waals surface area contributed by atoms with Gasteiger partial charge in [-0.05, 0) is 56.3 Å². The maximum absolute atomic E-state index is 12.8. The Bertz CT molecular complexity index is 959. The topological polar surface area (TPSA) is 93.7 Å². The maximum Gasteiger partial charge on any atom is 0.305 e. The van der Waals surface area contributed by atoms with Crippen LogP contribution in [0.2, 0.25) is 0 Å². The Hall–Kier alpha value is -3.55. The molecule has 2 N–H and O–H groups in total. The summed E-state index contributed by atoms with van der Waals surface area (Å²) in [5, 5.41) is 0. The number of furan rings is 2. The molecule has 0 unspecified atom stereocenters. The van der Waals surface area contributed by atoms with Crippen molar-refractivity contribution in [2.45, 2.75) is 20.5 Å². The maximum atomic E-state index is 12.8. The molecule has 0 saturated carbocycles. The van der Waals surface area contributed by atoms with Crippen molar-refractivity contribution in [3.8, 4) is 5.75 Å². The van der Waals surface area contributed by atoms with Crippen LogP contribution in [0.5, 0.6) is 5.75 Å². The van der Waals surface area contributed by atoms with E-state index in [1.54, 1.807) is 26.0 Å². The summed E-state index contributed by atoms with van der Waals surface area (Å²) >= 11 is 0. The van der Waals surface area contributed by atoms with Crippen molar-refractivity contribution in [2.24, 2.45) is 0 Å². The standard InChI is InChI=1S/C19H17FN2O5/c1-11-9-16(12(2)26-11)18(23)21-22-19(24)17-8-7-15(27-17)10-25-14-5-3-13(20)4-6-14/h3-9H,10H2,1-2H3,(H,21,23)(H,22,24). The lowest BCUT2D eigenvalue weighted by Gasteiger charge is -2.05. The van der Waals surface area contributed by atoms with Gasteiger partial charge in [0, 0.05) is 0 Å². The second-order valence-electron chi connectivity index (χ2n) is 5.74. The quantitative estimate of drug-likeness (QED) is 0.671. The SMILES string of the molecule is Cc1cc(C(=O)NNC(=O)c2ccc(COc3ccc(F)cc3)o2)c(C)o1. The molecule has 0 bridgehead atoms. The molecule has 8 heteroatoms. The average molecular weight is 372 g/mol. The van der Waals surface area contributed by atoms with Gasteiger partial charge in [0.1, 0.15) is 35.5 Å². The molecule has 0 fully saturated rings. The zero-order chi connectivity index (χ0) is 19.4. The monoisotopic (exact) mass is 372 g/mol. The first kappa shape index (κ1) is 18.2. The van der Waals surface area contributed by atoms with Crippen molar-refractivity contribution >= 4 is 11.8 Å². The average Bonchev–Trinajstić information content (AvgIpc) is 3.25. The highest BCUT2D eigenvalue weighted by molar-refractivity contribution is 5.98. The van der Waals surface area contributed by atoms with E-state index in [4.69, 9.17) is 13.6 Å². The third-order valence-corrected chi connectivity index (χ3v) is 3.66. The molecule has 0 spiro atoms. The third kappa shape index (κ3) is 4.55. The summed E-state index contributed by atoms with van der Waals surface area (Å²) < 4.78 is 28.9. The number of nitrogens with one attached hydrogen (secondary N) is 2. The van der Waals surface area contributed by atoms with Crippen LogP contribution in [0.3, 0.4) is 0 Å². The van der Waals surface area contributed by atoms with Crippen molar-refractivity contribution in [3.05, 3.63) is 76.9 Å². The fraction of sp³-hybridized carbons (Fsp3) is 0.158. The summed E-state index contributed by atoms with van der Waals surface area (Å²) in [5.74, 6) is 0.459. The lowest BCUT2D eigenvalue weighted by atomic mass is 10.2. The van der Waals surface area contributed by atoms with Gasteiger partial charge in [0.25, 0.3) is 5.91 Å². The summed E-state index contributed by atoms with van der Waals surface area (Å²) in [5.41, 5.74) is 4.90. The highest BCUT2D eigenvalue weighted by atomic mass is 19.1. The Kier molecular flexibility index (Phi) is 5.25. The molecule has 140 valence electrons. The van der Waals surface area contributed by atoms with E-state index in [9.17, 15) is 14.0 Å². The van der Waals surface area contributed by atoms with Crippen LogP contribution in [0.15, 0.2) is 51.3 Å². The molecule has 3 aromatic rings. The number of halogens is 1. The molecule has 0 aliphatic carbocycles. The highest BCUT2D eigenvalue weighted by Gasteiger charge is 2.16. The minimum atomic E-state index is -0.616. The van der Waals surface area contributed by atoms with Gasteiger partial charge in [-0.25, -0.2) is 4.39 Å². The van der Waals surface area contributed by atoms with Crippen LogP contribution in [0, 0.1) is 19.7 Å². The number of hydrazine groups is 1. The van der Waals surface area contributed by atoms with E-state index < -0.39 is 11.8 Å². The number of hydrogen-bond acceptors (Lipinski definition) is 5. The van der Waals surface area contributed by atoms with E-state index in [-0.39, 0.29) is 18.2 Å². The van der Waals surface area contributed by atoms with Crippen LogP contribution in [-0.4, -0.2) is 11.8 Å². The normalized spacial score (nSPS) is 10.5. The number of amides is 2. The van der Waals surface area contributed by atoms with Gasteiger partial charge in [-0.3, -0.25) is 20.4 Å². The van der Waals surface area contributed by atoms with E-state index in [1.807, 2.05) is 0 Å². The lowest BCUT2D eigenvalue weighted by Crippen LogP contribution is -2.41. The molecule has 7 nitrogen and oxygen atoms in total. The second-order valence-corrected chi connectivity index (χ2v) is 5.74. The third-order valence-electron chi connectivity index (χ3n) is 3.66. The van der Waals surface area contributed by atoms with E-state index in [0.717, 1.165) is 0 Å². The first-order chi connectivity index (χ1) is 12.9. The van der Waals surface area contributed by atoms with E-state index in [0.29, 0.717) is 28.6 Å². The Morgan fingerprint density at radius 3 is 2.37 bits per heavy atom. The smallest absolute Gasteiger partial charge is 0.305 e. The Balaban J connectivity index is 1.52. The van der Waals surface area contributed by atoms with Crippen molar-refractivity contribution < 1.29 is 27.6 Å². The summed E-state index contributed by atoms with van der Waals surface area (Å²) in [4.78, 5) is 24.1. The summed E-state index contributed by atoms with van der Waals surface area (Å²) in [6.45, 7) is 3.45. The molecule has 2 amide bonds. The van der Waals surface area contributed by atoms with Crippen LogP contribution < -0.4 is 15.6 Å². The highest BCUT2D eigenvalue weighted by Crippen LogP contribution is 2.15. The number of rotatable bonds is 5. The van der Waals surface area contributed by atoms with Gasteiger partial charge < -0.3 is 13.6 Å². The number of ether oxygens (including phenoxy) is 1. The molecule has 0 radical (unpaired) electrons. The van der Waals surface area contributed by atoms with Gasteiger partial charge in [0.15, 0.2) is 5.76 Å². The van der Waals surface area contributed by atoms with E-state index in [2.05, 4.69) is 10.9 Å². The van der Waals surface area contributed by atoms with Gasteiger partial charge in [-0.1, -0.05) is 0 Å². The molecule has 2 heterocycles. The molecular formula is C19H17FN2O5. The lowest BCUT2D eigenvalue weighted by molar-refractivity contribution is 0.0827. The molecule has 1 aromatic carbocycles. The number of carbonyl (C=O) groups excluding carboxylic acids is 2. The number of hydrogen-bond donors (Lipinski definition) is 2. The van der Waals surface area contributed by atoms with Gasteiger partial charge in [-0.15, -0.1) is 0 Å². The largest absolute Gasteiger partial charge is 0.486 e. The fourth-order valence-corrected chi connectivity index (χ4v) is 2.36. The van der Waals surface area contributed by atoms with Crippen LogP contribution in [-0.2, 0) is 6.61 Å². The number of aryl methyl sites for hydroxylation is 2. The summed E-state index contributed by atoms with van der Waals surface area (Å²) in [6.07, 6.45) is 0. The van der Waals surface area contributed by atoms with Crippen molar-refractivity contribution in [3.63, 3.8) is 0 Å². The van der Waals surface area contributed by atoms with Crippen LogP contribution in [0.1, 0.15) is 38.2 Å². The molecule has 0 aliphatic rings. The molecular weight excluding hydrogens is 355 g/mol. The predicted molar refractivity (Wildman–Crippen MR) is 92.6 cm³/mol. The van der Waals surface area contributed by atoms with Gasteiger partial charge in [0.05, 0.1) is 5.56 Å². The zero-order valence-electron chi connectivity index (χ0n) is 14.7. The first-order valence-electron chi connectivity index (χ1n) is 8.07. The van der Waals surface area contributed by atoms with Crippen LogP contribution >= 0.6 is 0 Å². The molecule has 27 heavy (non-hydrogen) atoms. The minimum Gasteiger partial charge on any atom is -0.486 e. The summed E-state index contributed by atoms with van der Waals surface area (Å²) in [6, 6.07) is 10.1. The Labute approximate surface area is 154 Å². The van der Waals surface area contributed by atoms with Crippen molar-refractivity contribution in [1.82, 2.24) is 10.9 Å². The molecule has 2 aromatic heterocycles. The van der Waals surface area contributed by atoms with Gasteiger partial charge >= 0.3 is 5.91 Å². The molecule has 0 atom stereocenters. The van der Waals surface area contributed by atoms with Crippen molar-refractivity contribution in [2.75, 3.05) is 0 Å². The second kappa shape index (κ2) is 7.77. The number of benzene rings is 1. The Morgan fingerprint density at radius 1 is 1.00 bits per heavy atom. The molecule has 3 rings (SSSR count). The molecule has 0 saturated heterocycles. The van der Waals surface area contributed by atoms with Crippen molar-refractivity contribution in [1.29, 1.82) is 0 Å². The minimum absolute atomic E-state index is 0.00750. The number of carbonyl (C=O) groups is 2. The fourth-order valence-electron chi connectivity index (χ4n) is 2.36. The van der Waals surface area contributed by atoms with E-state index >= 15 is 0 Å². The van der Waals surface area contributed by atoms with E-state index in [1.165, 1.54) is 30.3 Å². The van der Waals surface area contributed by atoms with Gasteiger partial charge in [0.2, 0.25) is 0 Å². The zero-order valence-corrected chi connectivity index (χ0v) is 14.7.